The highest BCUT2D eigenvalue weighted by atomic mass is 19.3. The Balaban J connectivity index is 2.10. The van der Waals surface area contributed by atoms with E-state index >= 15 is 0 Å². The van der Waals surface area contributed by atoms with Crippen molar-refractivity contribution >= 4 is 5.91 Å². The minimum atomic E-state index is -2.74. The number of benzene rings is 1. The minimum Gasteiger partial charge on any atom is -0.394 e. The highest BCUT2D eigenvalue weighted by molar-refractivity contribution is 5.79. The Bertz CT molecular complexity index is 671. The van der Waals surface area contributed by atoms with Crippen molar-refractivity contribution in [1.29, 1.82) is 0 Å². The van der Waals surface area contributed by atoms with Crippen LogP contribution in [0.15, 0.2) is 30.3 Å². The van der Waals surface area contributed by atoms with Gasteiger partial charge in [-0.1, -0.05) is 30.3 Å². The van der Waals surface area contributed by atoms with E-state index in [-0.39, 0.29) is 24.6 Å². The number of rotatable bonds is 6. The van der Waals surface area contributed by atoms with Crippen LogP contribution in [0.25, 0.3) is 0 Å². The largest absolute Gasteiger partial charge is 0.394 e. The summed E-state index contributed by atoms with van der Waals surface area (Å²) in [5.74, 6) is -0.354. The second-order valence-electron chi connectivity index (χ2n) is 5.26. The van der Waals surface area contributed by atoms with Crippen LogP contribution in [-0.2, 0) is 11.2 Å². The summed E-state index contributed by atoms with van der Waals surface area (Å²) in [6.07, 6.45) is -0.0618. The molecule has 1 atom stereocenters. The maximum Gasteiger partial charge on any atom is 0.333 e. The number of hydrogen-bond donors (Lipinski definition) is 2. The molecule has 124 valence electrons. The zero-order chi connectivity index (χ0) is 17.0. The maximum absolute atomic E-state index is 12.8. The lowest BCUT2D eigenvalue weighted by Gasteiger charge is -2.16. The van der Waals surface area contributed by atoms with Gasteiger partial charge < -0.3 is 10.4 Å². The van der Waals surface area contributed by atoms with Gasteiger partial charge in [0.25, 0.3) is 0 Å². The molecule has 1 amide bonds. The van der Waals surface area contributed by atoms with Crippen molar-refractivity contribution in [2.24, 2.45) is 0 Å². The number of nitrogens with one attached hydrogen (secondary N) is 1. The maximum atomic E-state index is 12.8. The summed E-state index contributed by atoms with van der Waals surface area (Å²) >= 11 is 0. The van der Waals surface area contributed by atoms with Gasteiger partial charge in [0.15, 0.2) is 0 Å². The third kappa shape index (κ3) is 3.92. The van der Waals surface area contributed by atoms with Gasteiger partial charge in [0.05, 0.1) is 24.8 Å². The van der Waals surface area contributed by atoms with Gasteiger partial charge in [-0.2, -0.15) is 13.9 Å². The second-order valence-corrected chi connectivity index (χ2v) is 5.26. The third-order valence-electron chi connectivity index (χ3n) is 3.72. The summed E-state index contributed by atoms with van der Waals surface area (Å²) < 4.78 is 26.2. The van der Waals surface area contributed by atoms with Crippen LogP contribution in [0, 0.1) is 13.8 Å². The fourth-order valence-electron chi connectivity index (χ4n) is 2.47. The number of hydrogen-bond acceptors (Lipinski definition) is 3. The van der Waals surface area contributed by atoms with Crippen LogP contribution in [0.1, 0.15) is 35.1 Å². The van der Waals surface area contributed by atoms with Crippen LogP contribution < -0.4 is 5.32 Å². The van der Waals surface area contributed by atoms with Gasteiger partial charge in [0.2, 0.25) is 5.91 Å². The standard InChI is InChI=1S/C16H19F2N3O2/c1-10-13(11(2)21(20-10)16(17)18)8-15(23)19-14(9-22)12-6-4-3-5-7-12/h3-7,14,16,22H,8-9H2,1-2H3,(H,19,23)/t14-/m1/s1. The highest BCUT2D eigenvalue weighted by Gasteiger charge is 2.20. The Kier molecular flexibility index (Phi) is 5.44. The van der Waals surface area contributed by atoms with E-state index in [9.17, 15) is 18.7 Å². The van der Waals surface area contributed by atoms with E-state index < -0.39 is 12.6 Å². The molecule has 2 aromatic rings. The average molecular weight is 323 g/mol. The molecule has 5 nitrogen and oxygen atoms in total. The molecule has 2 N–H and O–H groups in total. The number of carbonyl (C=O) groups excluding carboxylic acids is 1. The molecule has 0 spiro atoms. The van der Waals surface area contributed by atoms with Crippen molar-refractivity contribution in [1.82, 2.24) is 15.1 Å². The minimum absolute atomic E-state index is 0.0618. The van der Waals surface area contributed by atoms with E-state index in [1.807, 2.05) is 18.2 Å². The summed E-state index contributed by atoms with van der Waals surface area (Å²) in [6.45, 7) is 0.120. The summed E-state index contributed by atoms with van der Waals surface area (Å²) in [6, 6.07) is 8.52. The SMILES string of the molecule is Cc1nn(C(F)F)c(C)c1CC(=O)N[C@H](CO)c1ccccc1. The second kappa shape index (κ2) is 7.32. The van der Waals surface area contributed by atoms with Gasteiger partial charge in [-0.15, -0.1) is 0 Å². The molecule has 2 rings (SSSR count). The Morgan fingerprint density at radius 2 is 1.96 bits per heavy atom. The van der Waals surface area contributed by atoms with Gasteiger partial charge in [-0.05, 0) is 19.4 Å². The van der Waals surface area contributed by atoms with E-state index in [2.05, 4.69) is 10.4 Å². The molecule has 0 unspecified atom stereocenters. The summed E-state index contributed by atoms with van der Waals surface area (Å²) in [5, 5.41) is 15.9. The summed E-state index contributed by atoms with van der Waals surface area (Å²) in [4.78, 5) is 12.2. The molecule has 0 aliphatic heterocycles. The monoisotopic (exact) mass is 323 g/mol. The summed E-state index contributed by atoms with van der Waals surface area (Å²) in [5.41, 5.74) is 1.93. The first-order valence-electron chi connectivity index (χ1n) is 7.22. The van der Waals surface area contributed by atoms with E-state index in [1.165, 1.54) is 6.92 Å². The molecule has 1 aromatic heterocycles. The topological polar surface area (TPSA) is 67.2 Å². The molecule has 0 saturated heterocycles. The van der Waals surface area contributed by atoms with Gasteiger partial charge in [0, 0.05) is 11.3 Å². The van der Waals surface area contributed by atoms with E-state index in [0.717, 1.165) is 5.56 Å². The van der Waals surface area contributed by atoms with Crippen molar-refractivity contribution in [3.63, 3.8) is 0 Å². The lowest BCUT2D eigenvalue weighted by Crippen LogP contribution is -2.32. The molecule has 0 bridgehead atoms. The molecule has 0 radical (unpaired) electrons. The number of aliphatic hydroxyl groups excluding tert-OH is 1. The van der Waals surface area contributed by atoms with Crippen LogP contribution in [-0.4, -0.2) is 27.4 Å². The molecule has 1 aromatic carbocycles. The molecular weight excluding hydrogens is 304 g/mol. The van der Waals surface area contributed by atoms with Gasteiger partial charge >= 0.3 is 6.55 Å². The van der Waals surface area contributed by atoms with E-state index in [1.54, 1.807) is 19.1 Å². The number of alkyl halides is 2. The zero-order valence-electron chi connectivity index (χ0n) is 13.0. The molecule has 0 saturated carbocycles. The fourth-order valence-corrected chi connectivity index (χ4v) is 2.47. The lowest BCUT2D eigenvalue weighted by atomic mass is 10.1. The van der Waals surface area contributed by atoms with Gasteiger partial charge in [-0.25, -0.2) is 4.68 Å². The van der Waals surface area contributed by atoms with E-state index in [0.29, 0.717) is 15.9 Å². The molecule has 0 fully saturated rings. The van der Waals surface area contributed by atoms with Crippen LogP contribution in [0.4, 0.5) is 8.78 Å². The third-order valence-corrected chi connectivity index (χ3v) is 3.72. The molecule has 7 heteroatoms. The number of aromatic nitrogens is 2. The number of aryl methyl sites for hydroxylation is 1. The van der Waals surface area contributed by atoms with Crippen molar-refractivity contribution < 1.29 is 18.7 Å². The molecule has 0 aliphatic rings. The lowest BCUT2D eigenvalue weighted by molar-refractivity contribution is -0.121. The summed E-state index contributed by atoms with van der Waals surface area (Å²) in [7, 11) is 0. The van der Waals surface area contributed by atoms with Crippen LogP contribution in [0.5, 0.6) is 0 Å². The first-order chi connectivity index (χ1) is 10.9. The normalized spacial score (nSPS) is 12.4. The van der Waals surface area contributed by atoms with Crippen LogP contribution in [0.2, 0.25) is 0 Å². The van der Waals surface area contributed by atoms with Gasteiger partial charge in [-0.3, -0.25) is 4.79 Å². The molecule has 1 heterocycles. The highest BCUT2D eigenvalue weighted by Crippen LogP contribution is 2.20. The van der Waals surface area contributed by atoms with E-state index in [4.69, 9.17) is 0 Å². The number of halogens is 2. The predicted molar refractivity (Wildman–Crippen MR) is 81.1 cm³/mol. The van der Waals surface area contributed by atoms with Crippen molar-refractivity contribution in [2.75, 3.05) is 6.61 Å². The van der Waals surface area contributed by atoms with Crippen molar-refractivity contribution in [3.05, 3.63) is 52.8 Å². The van der Waals surface area contributed by atoms with Crippen molar-refractivity contribution in [3.8, 4) is 0 Å². The average Bonchev–Trinajstić information content (AvgIpc) is 2.81. The first-order valence-corrected chi connectivity index (χ1v) is 7.22. The quantitative estimate of drug-likeness (QED) is 0.857. The first kappa shape index (κ1) is 17.1. The predicted octanol–water partition coefficient (Wildman–Crippen LogP) is 2.29. The Morgan fingerprint density at radius 1 is 1.30 bits per heavy atom. The molecule has 0 aliphatic carbocycles. The van der Waals surface area contributed by atoms with Gasteiger partial charge in [0.1, 0.15) is 0 Å². The zero-order valence-corrected chi connectivity index (χ0v) is 13.0. The van der Waals surface area contributed by atoms with Crippen LogP contribution >= 0.6 is 0 Å². The Labute approximate surface area is 132 Å². The smallest absolute Gasteiger partial charge is 0.333 e. The Morgan fingerprint density at radius 3 is 2.48 bits per heavy atom. The number of nitrogens with zero attached hydrogens (tertiary/aromatic N) is 2. The number of carbonyl (C=O) groups is 1. The fraction of sp³-hybridized carbons (Fsp3) is 0.375. The van der Waals surface area contributed by atoms with Crippen LogP contribution in [0.3, 0.4) is 0 Å². The van der Waals surface area contributed by atoms with Crippen molar-refractivity contribution in [2.45, 2.75) is 32.9 Å². The molecular formula is C16H19F2N3O2. The number of aliphatic hydroxyl groups is 1. The Hall–Kier alpha value is -2.28. The molecule has 23 heavy (non-hydrogen) atoms. The number of amides is 1.